The minimum Gasteiger partial charge on any atom is -0.308 e. The molecule has 1 atom stereocenters. The molecule has 0 spiro atoms. The molecule has 1 unspecified atom stereocenters. The number of nitrogens with one attached hydrogen (secondary N) is 1. The van der Waals surface area contributed by atoms with Gasteiger partial charge in [-0.15, -0.1) is 0 Å². The molecule has 16 heavy (non-hydrogen) atoms. The van der Waals surface area contributed by atoms with Gasteiger partial charge in [0.15, 0.2) is 0 Å². The fraction of sp³-hybridized carbons (Fsp3) is 0.500. The van der Waals surface area contributed by atoms with E-state index in [4.69, 9.17) is 5.26 Å². The lowest BCUT2D eigenvalue weighted by molar-refractivity contribution is 0.432. The van der Waals surface area contributed by atoms with Crippen molar-refractivity contribution in [2.75, 3.05) is 6.54 Å². The molecule has 0 saturated carbocycles. The minimum atomic E-state index is 0.0572. The maximum atomic E-state index is 9.03. The average Bonchev–Trinajstić information content (AvgIpc) is 2.70. The summed E-state index contributed by atoms with van der Waals surface area (Å²) in [6, 6.07) is 6.26. The highest BCUT2D eigenvalue weighted by atomic mass is 15.0. The first kappa shape index (κ1) is 11.2. The molecule has 0 radical (unpaired) electrons. The fourth-order valence-corrected chi connectivity index (χ4v) is 2.62. The van der Waals surface area contributed by atoms with E-state index in [1.807, 2.05) is 12.1 Å². The van der Waals surface area contributed by atoms with Crippen LogP contribution in [0, 0.1) is 25.2 Å². The van der Waals surface area contributed by atoms with Crippen molar-refractivity contribution in [3.63, 3.8) is 0 Å². The minimum absolute atomic E-state index is 0.0572. The molecule has 1 saturated heterocycles. The summed E-state index contributed by atoms with van der Waals surface area (Å²) in [6.45, 7) is 7.55. The van der Waals surface area contributed by atoms with Gasteiger partial charge in [0.25, 0.3) is 0 Å². The lowest BCUT2D eigenvalue weighted by Gasteiger charge is -2.28. The number of hydrogen-bond acceptors (Lipinski definition) is 2. The van der Waals surface area contributed by atoms with E-state index in [0.717, 1.165) is 18.5 Å². The summed E-state index contributed by atoms with van der Waals surface area (Å²) in [7, 11) is 0. The lowest BCUT2D eigenvalue weighted by Crippen LogP contribution is -2.34. The van der Waals surface area contributed by atoms with Crippen molar-refractivity contribution < 1.29 is 0 Å². The Balaban J connectivity index is 2.55. The van der Waals surface area contributed by atoms with E-state index < -0.39 is 0 Å². The van der Waals surface area contributed by atoms with Crippen LogP contribution < -0.4 is 5.32 Å². The third-order valence-electron chi connectivity index (χ3n) is 3.76. The summed E-state index contributed by atoms with van der Waals surface area (Å²) in [5, 5.41) is 12.6. The molecule has 1 aliphatic heterocycles. The van der Waals surface area contributed by atoms with E-state index in [2.05, 4.69) is 32.2 Å². The summed E-state index contributed by atoms with van der Waals surface area (Å²) >= 11 is 0. The molecule has 1 aromatic rings. The van der Waals surface area contributed by atoms with Gasteiger partial charge in [-0.3, -0.25) is 0 Å². The highest BCUT2D eigenvalue weighted by Crippen LogP contribution is 2.34. The van der Waals surface area contributed by atoms with Gasteiger partial charge in [-0.25, -0.2) is 0 Å². The molecule has 0 amide bonds. The number of nitriles is 1. The van der Waals surface area contributed by atoms with Gasteiger partial charge in [-0.2, -0.15) is 5.26 Å². The second-order valence-electron chi connectivity index (χ2n) is 4.94. The molecule has 1 aromatic carbocycles. The first-order valence-electron chi connectivity index (χ1n) is 5.84. The largest absolute Gasteiger partial charge is 0.308 e. The predicted octanol–water partition coefficient (Wildman–Crippen LogP) is 2.77. The molecular formula is C14H18N2. The maximum Gasteiger partial charge on any atom is 0.0991 e. The van der Waals surface area contributed by atoms with Crippen molar-refractivity contribution in [3.8, 4) is 6.07 Å². The Morgan fingerprint density at radius 2 is 2.12 bits per heavy atom. The van der Waals surface area contributed by atoms with Crippen LogP contribution in [0.1, 0.15) is 42.0 Å². The van der Waals surface area contributed by atoms with Crippen molar-refractivity contribution in [2.24, 2.45) is 0 Å². The smallest absolute Gasteiger partial charge is 0.0991 e. The molecule has 84 valence electrons. The van der Waals surface area contributed by atoms with Gasteiger partial charge in [-0.1, -0.05) is 0 Å². The third kappa shape index (κ3) is 1.72. The monoisotopic (exact) mass is 214 g/mol. The van der Waals surface area contributed by atoms with E-state index in [1.54, 1.807) is 0 Å². The zero-order valence-corrected chi connectivity index (χ0v) is 10.2. The van der Waals surface area contributed by atoms with Crippen molar-refractivity contribution in [1.82, 2.24) is 5.32 Å². The topological polar surface area (TPSA) is 35.8 Å². The van der Waals surface area contributed by atoms with Crippen LogP contribution in [0.15, 0.2) is 12.1 Å². The van der Waals surface area contributed by atoms with Gasteiger partial charge < -0.3 is 5.32 Å². The van der Waals surface area contributed by atoms with Crippen LogP contribution in [0.3, 0.4) is 0 Å². The van der Waals surface area contributed by atoms with Gasteiger partial charge >= 0.3 is 0 Å². The molecule has 2 nitrogen and oxygen atoms in total. The fourth-order valence-electron chi connectivity index (χ4n) is 2.62. The molecule has 1 heterocycles. The molecule has 2 rings (SSSR count). The standard InChI is InChI=1S/C14H18N2/c1-10-7-12(9-15)8-13(11(10)2)14(3)5-4-6-16-14/h7-8,16H,4-6H2,1-3H3. The van der Waals surface area contributed by atoms with E-state index in [-0.39, 0.29) is 5.54 Å². The number of rotatable bonds is 1. The summed E-state index contributed by atoms with van der Waals surface area (Å²) in [5.41, 5.74) is 4.65. The zero-order valence-electron chi connectivity index (χ0n) is 10.2. The van der Waals surface area contributed by atoms with Crippen LogP contribution in [0.4, 0.5) is 0 Å². The number of benzene rings is 1. The van der Waals surface area contributed by atoms with Crippen molar-refractivity contribution in [2.45, 2.75) is 39.2 Å². The van der Waals surface area contributed by atoms with Gasteiger partial charge in [0.2, 0.25) is 0 Å². The van der Waals surface area contributed by atoms with Crippen LogP contribution >= 0.6 is 0 Å². The number of aryl methyl sites for hydroxylation is 1. The highest BCUT2D eigenvalue weighted by Gasteiger charge is 2.31. The van der Waals surface area contributed by atoms with Crippen LogP contribution in [0.25, 0.3) is 0 Å². The number of hydrogen-bond donors (Lipinski definition) is 1. The van der Waals surface area contributed by atoms with E-state index >= 15 is 0 Å². The van der Waals surface area contributed by atoms with E-state index in [1.165, 1.54) is 23.1 Å². The molecular weight excluding hydrogens is 196 g/mol. The lowest BCUT2D eigenvalue weighted by atomic mass is 9.84. The van der Waals surface area contributed by atoms with Gasteiger partial charge in [0.05, 0.1) is 11.6 Å². The van der Waals surface area contributed by atoms with Crippen LogP contribution in [0.5, 0.6) is 0 Å². The first-order valence-corrected chi connectivity index (χ1v) is 5.84. The summed E-state index contributed by atoms with van der Waals surface area (Å²) in [4.78, 5) is 0. The normalized spacial score (nSPS) is 24.4. The quantitative estimate of drug-likeness (QED) is 0.780. The van der Waals surface area contributed by atoms with Gasteiger partial charge in [-0.05, 0) is 69.0 Å². The zero-order chi connectivity index (χ0) is 11.8. The Kier molecular flexibility index (Phi) is 2.73. The second kappa shape index (κ2) is 3.92. The Bertz CT molecular complexity index is 449. The molecule has 1 fully saturated rings. The number of nitrogens with zero attached hydrogens (tertiary/aromatic N) is 1. The predicted molar refractivity (Wildman–Crippen MR) is 65.2 cm³/mol. The Hall–Kier alpha value is -1.33. The summed E-state index contributed by atoms with van der Waals surface area (Å²) < 4.78 is 0. The Morgan fingerprint density at radius 3 is 2.69 bits per heavy atom. The van der Waals surface area contributed by atoms with Crippen molar-refractivity contribution >= 4 is 0 Å². The van der Waals surface area contributed by atoms with Crippen molar-refractivity contribution in [1.29, 1.82) is 5.26 Å². The van der Waals surface area contributed by atoms with Crippen LogP contribution in [-0.4, -0.2) is 6.54 Å². The second-order valence-corrected chi connectivity index (χ2v) is 4.94. The molecule has 0 aliphatic carbocycles. The molecule has 1 N–H and O–H groups in total. The molecule has 0 bridgehead atoms. The Labute approximate surface area is 97.3 Å². The highest BCUT2D eigenvalue weighted by molar-refractivity contribution is 5.46. The Morgan fingerprint density at radius 1 is 1.38 bits per heavy atom. The van der Waals surface area contributed by atoms with Crippen LogP contribution in [-0.2, 0) is 5.54 Å². The first-order chi connectivity index (χ1) is 7.57. The third-order valence-corrected chi connectivity index (χ3v) is 3.76. The molecule has 0 aromatic heterocycles. The van der Waals surface area contributed by atoms with Crippen LogP contribution in [0.2, 0.25) is 0 Å². The summed E-state index contributed by atoms with van der Waals surface area (Å²) in [6.07, 6.45) is 2.37. The van der Waals surface area contributed by atoms with E-state index in [9.17, 15) is 0 Å². The van der Waals surface area contributed by atoms with E-state index in [0.29, 0.717) is 0 Å². The average molecular weight is 214 g/mol. The SMILES string of the molecule is Cc1cc(C#N)cc(C2(C)CCCN2)c1C. The summed E-state index contributed by atoms with van der Waals surface area (Å²) in [5.74, 6) is 0. The van der Waals surface area contributed by atoms with Crippen molar-refractivity contribution in [3.05, 3.63) is 34.4 Å². The molecule has 1 aliphatic rings. The van der Waals surface area contributed by atoms with Gasteiger partial charge in [0.1, 0.15) is 0 Å². The molecule has 2 heteroatoms. The van der Waals surface area contributed by atoms with Gasteiger partial charge in [0, 0.05) is 5.54 Å². The maximum absolute atomic E-state index is 9.03.